The van der Waals surface area contributed by atoms with Gasteiger partial charge in [-0.15, -0.1) is 12.4 Å². The molecule has 0 aromatic heterocycles. The van der Waals surface area contributed by atoms with E-state index in [-0.39, 0.29) is 30.5 Å². The zero-order chi connectivity index (χ0) is 25.7. The van der Waals surface area contributed by atoms with Gasteiger partial charge in [0.25, 0.3) is 0 Å². The standard InChI is InChI=1S/C29H38N2O5.ClH/c1-30(2)29(33)36-28-19-23-22-11-8-7-10-20(22)13-15-24(23)31(28)17-9-5-6-12-25(32)21-14-16-26(34-3)27(18-21)35-4;/h7-8,10-11,14,16,18,23-24,28H,5-6,9,12-13,15,17,19H2,1-4H3;1H/t23-,24+,28?;/m0./s1. The molecule has 202 valence electrons. The molecular formula is C29H39ClN2O5. The fourth-order valence-electron chi connectivity index (χ4n) is 5.64. The number of likely N-dealkylation sites (tertiary alicyclic amines) is 1. The number of unbranched alkanes of at least 4 members (excludes halogenated alkanes) is 2. The highest BCUT2D eigenvalue weighted by atomic mass is 35.5. The van der Waals surface area contributed by atoms with Crippen molar-refractivity contribution in [2.24, 2.45) is 0 Å². The summed E-state index contributed by atoms with van der Waals surface area (Å²) in [6.45, 7) is 0.860. The fourth-order valence-corrected chi connectivity index (χ4v) is 5.64. The van der Waals surface area contributed by atoms with Gasteiger partial charge < -0.3 is 19.1 Å². The minimum atomic E-state index is -0.294. The molecular weight excluding hydrogens is 492 g/mol. The van der Waals surface area contributed by atoms with Crippen LogP contribution in [-0.4, -0.2) is 68.8 Å². The van der Waals surface area contributed by atoms with Crippen LogP contribution in [0.1, 0.15) is 65.9 Å². The van der Waals surface area contributed by atoms with Gasteiger partial charge in [0.15, 0.2) is 23.5 Å². The third kappa shape index (κ3) is 6.57. The number of hydrogen-bond donors (Lipinski definition) is 0. The molecule has 3 atom stereocenters. The van der Waals surface area contributed by atoms with Crippen molar-refractivity contribution in [1.82, 2.24) is 9.80 Å². The first kappa shape index (κ1) is 28.8. The van der Waals surface area contributed by atoms with Crippen molar-refractivity contribution in [2.45, 2.75) is 63.1 Å². The van der Waals surface area contributed by atoms with Crippen LogP contribution in [0, 0.1) is 0 Å². The van der Waals surface area contributed by atoms with E-state index >= 15 is 0 Å². The lowest BCUT2D eigenvalue weighted by Gasteiger charge is -2.34. The second kappa shape index (κ2) is 13.2. The molecule has 0 spiro atoms. The summed E-state index contributed by atoms with van der Waals surface area (Å²) < 4.78 is 16.5. The SMILES string of the molecule is COc1ccc(C(=O)CCCCCN2C(OC(=O)N(C)C)C[C@H]3c4ccccc4CC[C@H]32)cc1OC.Cl. The van der Waals surface area contributed by atoms with E-state index < -0.39 is 0 Å². The van der Waals surface area contributed by atoms with Crippen LogP contribution in [0.5, 0.6) is 11.5 Å². The summed E-state index contributed by atoms with van der Waals surface area (Å²) >= 11 is 0. The number of methoxy groups -OCH3 is 2. The number of carbonyl (C=O) groups excluding carboxylic acids is 2. The maximum absolute atomic E-state index is 12.7. The Bertz CT molecular complexity index is 1080. The largest absolute Gasteiger partial charge is 0.493 e. The molecule has 37 heavy (non-hydrogen) atoms. The zero-order valence-corrected chi connectivity index (χ0v) is 23.1. The van der Waals surface area contributed by atoms with Crippen molar-refractivity contribution in [2.75, 3.05) is 34.9 Å². The second-order valence-electron chi connectivity index (χ2n) is 9.92. The molecule has 0 saturated carbocycles. The molecule has 1 amide bonds. The summed E-state index contributed by atoms with van der Waals surface area (Å²) in [5.74, 6) is 1.69. The molecule has 7 nitrogen and oxygen atoms in total. The topological polar surface area (TPSA) is 68.3 Å². The first-order chi connectivity index (χ1) is 17.4. The van der Waals surface area contributed by atoms with Crippen molar-refractivity contribution < 1.29 is 23.8 Å². The van der Waals surface area contributed by atoms with Crippen LogP contribution in [0.15, 0.2) is 42.5 Å². The van der Waals surface area contributed by atoms with Gasteiger partial charge in [0.2, 0.25) is 0 Å². The van der Waals surface area contributed by atoms with Gasteiger partial charge in [-0.2, -0.15) is 0 Å². The molecule has 0 bridgehead atoms. The Balaban J connectivity index is 0.00000380. The number of rotatable bonds is 10. The van der Waals surface area contributed by atoms with Gasteiger partial charge in [-0.1, -0.05) is 30.7 Å². The van der Waals surface area contributed by atoms with Crippen molar-refractivity contribution in [3.63, 3.8) is 0 Å². The predicted octanol–water partition coefficient (Wildman–Crippen LogP) is 5.70. The fraction of sp³-hybridized carbons (Fsp3) is 0.517. The van der Waals surface area contributed by atoms with Gasteiger partial charge in [-0.05, 0) is 55.0 Å². The number of ketones is 1. The van der Waals surface area contributed by atoms with Crippen LogP contribution in [0.25, 0.3) is 0 Å². The van der Waals surface area contributed by atoms with Gasteiger partial charge in [0.05, 0.1) is 14.2 Å². The van der Waals surface area contributed by atoms with Gasteiger partial charge >= 0.3 is 6.09 Å². The van der Waals surface area contributed by atoms with Crippen molar-refractivity contribution >= 4 is 24.3 Å². The molecule has 0 N–H and O–H groups in total. The Morgan fingerprint density at radius 1 is 1.00 bits per heavy atom. The second-order valence-corrected chi connectivity index (χ2v) is 9.92. The van der Waals surface area contributed by atoms with Crippen LogP contribution < -0.4 is 9.47 Å². The number of carbonyl (C=O) groups is 2. The van der Waals surface area contributed by atoms with Crippen LogP contribution in [0.4, 0.5) is 4.79 Å². The van der Waals surface area contributed by atoms with E-state index in [2.05, 4.69) is 29.2 Å². The van der Waals surface area contributed by atoms with Crippen molar-refractivity contribution in [3.8, 4) is 11.5 Å². The highest BCUT2D eigenvalue weighted by Crippen LogP contribution is 2.44. The van der Waals surface area contributed by atoms with Gasteiger partial charge in [0, 0.05) is 51.0 Å². The lowest BCUT2D eigenvalue weighted by Crippen LogP contribution is -2.42. The minimum absolute atomic E-state index is 0. The summed E-state index contributed by atoms with van der Waals surface area (Å²) in [7, 11) is 6.60. The molecule has 1 aliphatic carbocycles. The number of halogens is 1. The molecule has 1 unspecified atom stereocenters. The van der Waals surface area contributed by atoms with E-state index in [0.29, 0.717) is 35.4 Å². The molecule has 1 saturated heterocycles. The quantitative estimate of drug-likeness (QED) is 0.290. The minimum Gasteiger partial charge on any atom is -0.493 e. The van der Waals surface area contributed by atoms with E-state index in [9.17, 15) is 9.59 Å². The maximum Gasteiger partial charge on any atom is 0.410 e. The van der Waals surface area contributed by atoms with Crippen LogP contribution in [0.2, 0.25) is 0 Å². The number of nitrogens with zero attached hydrogens (tertiary/aromatic N) is 2. The lowest BCUT2D eigenvalue weighted by atomic mass is 9.79. The van der Waals surface area contributed by atoms with E-state index in [0.717, 1.165) is 45.1 Å². The number of benzene rings is 2. The Morgan fingerprint density at radius 2 is 1.76 bits per heavy atom. The van der Waals surface area contributed by atoms with E-state index in [1.807, 2.05) is 0 Å². The van der Waals surface area contributed by atoms with Gasteiger partial charge in [0.1, 0.15) is 0 Å². The van der Waals surface area contributed by atoms with Gasteiger partial charge in [-0.25, -0.2) is 4.79 Å². The molecule has 2 aromatic carbocycles. The molecule has 1 aliphatic heterocycles. The Labute approximate surface area is 226 Å². The lowest BCUT2D eigenvalue weighted by molar-refractivity contribution is -0.0151. The predicted molar refractivity (Wildman–Crippen MR) is 146 cm³/mol. The van der Waals surface area contributed by atoms with E-state index in [1.165, 1.54) is 16.0 Å². The van der Waals surface area contributed by atoms with E-state index in [4.69, 9.17) is 14.2 Å². The third-order valence-electron chi connectivity index (χ3n) is 7.51. The molecule has 4 rings (SSSR count). The van der Waals surface area contributed by atoms with Crippen LogP contribution in [0.3, 0.4) is 0 Å². The Morgan fingerprint density at radius 3 is 2.49 bits per heavy atom. The number of ether oxygens (including phenoxy) is 3. The van der Waals surface area contributed by atoms with E-state index in [1.54, 1.807) is 46.5 Å². The number of hydrogen-bond acceptors (Lipinski definition) is 6. The highest BCUT2D eigenvalue weighted by molar-refractivity contribution is 5.96. The monoisotopic (exact) mass is 530 g/mol. The summed E-state index contributed by atoms with van der Waals surface area (Å²) in [4.78, 5) is 29.0. The van der Waals surface area contributed by atoms with Crippen molar-refractivity contribution in [3.05, 3.63) is 59.2 Å². The molecule has 2 aromatic rings. The van der Waals surface area contributed by atoms with Crippen LogP contribution >= 0.6 is 12.4 Å². The molecule has 0 radical (unpaired) electrons. The smallest absolute Gasteiger partial charge is 0.410 e. The van der Waals surface area contributed by atoms with Gasteiger partial charge in [-0.3, -0.25) is 9.69 Å². The third-order valence-corrected chi connectivity index (χ3v) is 7.51. The van der Waals surface area contributed by atoms with Crippen LogP contribution in [-0.2, 0) is 11.2 Å². The normalized spacial score (nSPS) is 20.3. The Hall–Kier alpha value is -2.77. The summed E-state index contributed by atoms with van der Waals surface area (Å²) in [5, 5.41) is 0. The maximum atomic E-state index is 12.7. The molecule has 1 heterocycles. The number of aryl methyl sites for hydroxylation is 1. The molecule has 8 heteroatoms. The Kier molecular flexibility index (Phi) is 10.2. The first-order valence-electron chi connectivity index (χ1n) is 12.9. The average molecular weight is 531 g/mol. The number of fused-ring (bicyclic) bond motifs is 3. The molecule has 2 aliphatic rings. The summed E-state index contributed by atoms with van der Waals surface area (Å²) in [6, 6.07) is 14.4. The molecule has 1 fully saturated rings. The zero-order valence-electron chi connectivity index (χ0n) is 22.3. The average Bonchev–Trinajstić information content (AvgIpc) is 3.25. The first-order valence-corrected chi connectivity index (χ1v) is 12.9. The summed E-state index contributed by atoms with van der Waals surface area (Å²) in [6.07, 6.45) is 5.68. The number of amides is 1. The summed E-state index contributed by atoms with van der Waals surface area (Å²) in [5.41, 5.74) is 3.47. The number of Topliss-reactive ketones (excluding diaryl/α,β-unsaturated/α-hetero) is 1. The highest BCUT2D eigenvalue weighted by Gasteiger charge is 2.45. The van der Waals surface area contributed by atoms with Crippen molar-refractivity contribution in [1.29, 1.82) is 0 Å².